The molecule has 0 aliphatic rings. The van der Waals surface area contributed by atoms with Gasteiger partial charge in [0.1, 0.15) is 0 Å². The van der Waals surface area contributed by atoms with Crippen LogP contribution in [0.15, 0.2) is 59.1 Å². The first-order valence-electron chi connectivity index (χ1n) is 7.60. The monoisotopic (exact) mass is 339 g/mol. The van der Waals surface area contributed by atoms with Gasteiger partial charge < -0.3 is 18.6 Å². The molecule has 0 unspecified atom stereocenters. The molecule has 1 aromatic heterocycles. The van der Waals surface area contributed by atoms with E-state index in [1.807, 2.05) is 30.3 Å². The normalized spacial score (nSPS) is 10.3. The fraction of sp³-hybridized carbons (Fsp3) is 0.158. The average molecular weight is 339 g/mol. The van der Waals surface area contributed by atoms with Crippen LogP contribution in [0.25, 0.3) is 11.3 Å². The predicted molar refractivity (Wildman–Crippen MR) is 90.6 cm³/mol. The molecule has 0 fully saturated rings. The lowest BCUT2D eigenvalue weighted by molar-refractivity contribution is 0.0438. The van der Waals surface area contributed by atoms with Crippen LogP contribution in [0.2, 0.25) is 0 Å². The van der Waals surface area contributed by atoms with E-state index in [-0.39, 0.29) is 6.61 Å². The van der Waals surface area contributed by atoms with Crippen molar-refractivity contribution in [1.29, 1.82) is 0 Å². The van der Waals surface area contributed by atoms with Crippen LogP contribution >= 0.6 is 0 Å². The zero-order valence-corrected chi connectivity index (χ0v) is 13.9. The number of hydrogen-bond donors (Lipinski definition) is 0. The van der Waals surface area contributed by atoms with Gasteiger partial charge in [-0.1, -0.05) is 30.3 Å². The molecule has 0 aliphatic heterocycles. The van der Waals surface area contributed by atoms with Crippen molar-refractivity contribution in [3.8, 4) is 22.8 Å². The summed E-state index contributed by atoms with van der Waals surface area (Å²) in [5.41, 5.74) is 1.26. The summed E-state index contributed by atoms with van der Waals surface area (Å²) in [6.07, 6.45) is 1.61. The van der Waals surface area contributed by atoms with Gasteiger partial charge in [-0.25, -0.2) is 9.78 Å². The van der Waals surface area contributed by atoms with Crippen molar-refractivity contribution < 1.29 is 23.4 Å². The number of hydrogen-bond acceptors (Lipinski definition) is 6. The SMILES string of the molecule is COc1ccc(C(=O)OCc2ncc(-c3ccccc3)o2)cc1OC. The van der Waals surface area contributed by atoms with Gasteiger partial charge in [-0.05, 0) is 18.2 Å². The molecule has 0 saturated heterocycles. The first-order chi connectivity index (χ1) is 12.2. The van der Waals surface area contributed by atoms with E-state index in [0.29, 0.717) is 28.7 Å². The second kappa shape index (κ2) is 7.53. The number of carbonyl (C=O) groups is 1. The molecule has 6 nitrogen and oxygen atoms in total. The molecule has 1 heterocycles. The van der Waals surface area contributed by atoms with Crippen molar-refractivity contribution in [3.63, 3.8) is 0 Å². The molecular formula is C19H17NO5. The van der Waals surface area contributed by atoms with E-state index in [1.54, 1.807) is 24.4 Å². The Bertz CT molecular complexity index is 857. The first kappa shape index (κ1) is 16.6. The topological polar surface area (TPSA) is 70.8 Å². The van der Waals surface area contributed by atoms with Crippen molar-refractivity contribution in [2.45, 2.75) is 6.61 Å². The van der Waals surface area contributed by atoms with E-state index in [0.717, 1.165) is 5.56 Å². The molecule has 0 radical (unpaired) electrons. The Morgan fingerprint density at radius 3 is 2.52 bits per heavy atom. The highest BCUT2D eigenvalue weighted by atomic mass is 16.5. The largest absolute Gasteiger partial charge is 0.493 e. The molecule has 0 bridgehead atoms. The van der Waals surface area contributed by atoms with E-state index in [1.165, 1.54) is 14.2 Å². The summed E-state index contributed by atoms with van der Waals surface area (Å²) in [4.78, 5) is 16.3. The van der Waals surface area contributed by atoms with Crippen LogP contribution in [-0.2, 0) is 11.3 Å². The molecule has 0 N–H and O–H groups in total. The Kier molecular flexibility index (Phi) is 4.99. The van der Waals surface area contributed by atoms with E-state index in [2.05, 4.69) is 4.98 Å². The van der Waals surface area contributed by atoms with Crippen molar-refractivity contribution in [1.82, 2.24) is 4.98 Å². The molecule has 0 spiro atoms. The van der Waals surface area contributed by atoms with Crippen LogP contribution in [0.4, 0.5) is 0 Å². The smallest absolute Gasteiger partial charge is 0.338 e. The maximum Gasteiger partial charge on any atom is 0.338 e. The molecule has 128 valence electrons. The Labute approximate surface area is 145 Å². The second-order valence-electron chi connectivity index (χ2n) is 5.13. The molecule has 0 aliphatic carbocycles. The number of carbonyl (C=O) groups excluding carboxylic acids is 1. The lowest BCUT2D eigenvalue weighted by Gasteiger charge is -2.09. The number of nitrogens with zero attached hydrogens (tertiary/aromatic N) is 1. The van der Waals surface area contributed by atoms with E-state index in [9.17, 15) is 4.79 Å². The van der Waals surface area contributed by atoms with Crippen LogP contribution in [0.3, 0.4) is 0 Å². The highest BCUT2D eigenvalue weighted by molar-refractivity contribution is 5.90. The minimum Gasteiger partial charge on any atom is -0.493 e. The zero-order valence-electron chi connectivity index (χ0n) is 13.9. The van der Waals surface area contributed by atoms with E-state index in [4.69, 9.17) is 18.6 Å². The van der Waals surface area contributed by atoms with Crippen LogP contribution < -0.4 is 9.47 Å². The van der Waals surface area contributed by atoms with Gasteiger partial charge >= 0.3 is 5.97 Å². The summed E-state index contributed by atoms with van der Waals surface area (Å²) in [6, 6.07) is 14.4. The number of benzene rings is 2. The minimum atomic E-state index is -0.500. The maximum atomic E-state index is 12.2. The predicted octanol–water partition coefficient (Wildman–Crippen LogP) is 3.72. The van der Waals surface area contributed by atoms with E-state index >= 15 is 0 Å². The van der Waals surface area contributed by atoms with Crippen LogP contribution in [-0.4, -0.2) is 25.2 Å². The lowest BCUT2D eigenvalue weighted by atomic mass is 10.2. The van der Waals surface area contributed by atoms with Gasteiger partial charge in [0.05, 0.1) is 26.0 Å². The molecule has 3 rings (SSSR count). The fourth-order valence-electron chi connectivity index (χ4n) is 2.29. The molecule has 2 aromatic carbocycles. The van der Waals surface area contributed by atoms with Gasteiger partial charge in [-0.2, -0.15) is 0 Å². The summed E-state index contributed by atoms with van der Waals surface area (Å²) < 4.78 is 21.2. The highest BCUT2D eigenvalue weighted by Gasteiger charge is 2.14. The molecule has 0 amide bonds. The minimum absolute atomic E-state index is 0.0555. The zero-order chi connectivity index (χ0) is 17.6. The average Bonchev–Trinajstić information content (AvgIpc) is 3.15. The molecule has 3 aromatic rings. The summed E-state index contributed by atoms with van der Waals surface area (Å²) in [5.74, 6) is 1.45. The number of aromatic nitrogens is 1. The van der Waals surface area contributed by atoms with Gasteiger partial charge in [-0.15, -0.1) is 0 Å². The Balaban J connectivity index is 1.66. The molecule has 6 heteroatoms. The summed E-state index contributed by atoms with van der Waals surface area (Å²) >= 11 is 0. The summed E-state index contributed by atoms with van der Waals surface area (Å²) in [7, 11) is 3.04. The van der Waals surface area contributed by atoms with Crippen LogP contribution in [0.1, 0.15) is 16.2 Å². The van der Waals surface area contributed by atoms with Gasteiger partial charge in [0, 0.05) is 5.56 Å². The van der Waals surface area contributed by atoms with Gasteiger partial charge in [0.2, 0.25) is 5.89 Å². The Morgan fingerprint density at radius 2 is 1.80 bits per heavy atom. The number of oxazole rings is 1. The maximum absolute atomic E-state index is 12.2. The molecule has 0 atom stereocenters. The number of rotatable bonds is 6. The Hall–Kier alpha value is -3.28. The summed E-state index contributed by atoms with van der Waals surface area (Å²) in [5, 5.41) is 0. The lowest BCUT2D eigenvalue weighted by Crippen LogP contribution is -2.06. The van der Waals surface area contributed by atoms with Crippen molar-refractivity contribution in [2.75, 3.05) is 14.2 Å². The third kappa shape index (κ3) is 3.80. The van der Waals surface area contributed by atoms with Crippen LogP contribution in [0, 0.1) is 0 Å². The number of esters is 1. The van der Waals surface area contributed by atoms with Crippen molar-refractivity contribution >= 4 is 5.97 Å². The quantitative estimate of drug-likeness (QED) is 0.638. The van der Waals surface area contributed by atoms with Gasteiger partial charge in [0.15, 0.2) is 23.9 Å². The van der Waals surface area contributed by atoms with E-state index < -0.39 is 5.97 Å². The van der Waals surface area contributed by atoms with Gasteiger partial charge in [-0.3, -0.25) is 0 Å². The van der Waals surface area contributed by atoms with Gasteiger partial charge in [0.25, 0.3) is 0 Å². The first-order valence-corrected chi connectivity index (χ1v) is 7.60. The van der Waals surface area contributed by atoms with Crippen LogP contribution in [0.5, 0.6) is 11.5 Å². The molecular weight excluding hydrogens is 322 g/mol. The number of methoxy groups -OCH3 is 2. The standard InChI is InChI=1S/C19H17NO5/c1-22-15-9-8-14(10-16(15)23-2)19(21)24-12-18-20-11-17(25-18)13-6-4-3-5-7-13/h3-11H,12H2,1-2H3. The summed E-state index contributed by atoms with van der Waals surface area (Å²) in [6.45, 7) is -0.0555. The molecule has 25 heavy (non-hydrogen) atoms. The fourth-order valence-corrected chi connectivity index (χ4v) is 2.29. The Morgan fingerprint density at radius 1 is 1.04 bits per heavy atom. The second-order valence-corrected chi connectivity index (χ2v) is 5.13. The third-order valence-electron chi connectivity index (χ3n) is 3.56. The van der Waals surface area contributed by atoms with Crippen molar-refractivity contribution in [2.24, 2.45) is 0 Å². The third-order valence-corrected chi connectivity index (χ3v) is 3.56. The van der Waals surface area contributed by atoms with Crippen molar-refractivity contribution in [3.05, 3.63) is 66.2 Å². The highest BCUT2D eigenvalue weighted by Crippen LogP contribution is 2.28. The molecule has 0 saturated carbocycles. The number of ether oxygens (including phenoxy) is 3.